The second-order valence-electron chi connectivity index (χ2n) is 4.85. The molecule has 0 radical (unpaired) electrons. The molecule has 1 N–H and O–H groups in total. The van der Waals surface area contributed by atoms with Crippen molar-refractivity contribution in [3.63, 3.8) is 0 Å². The number of rotatable bonds is 3. The third-order valence-corrected chi connectivity index (χ3v) is 3.55. The van der Waals surface area contributed by atoms with Gasteiger partial charge in [0.1, 0.15) is 12.4 Å². The van der Waals surface area contributed by atoms with Crippen LogP contribution in [-0.4, -0.2) is 30.2 Å². The van der Waals surface area contributed by atoms with E-state index >= 15 is 0 Å². The molecule has 2 aliphatic rings. The Bertz CT molecular complexity index is 643. The third kappa shape index (κ3) is 2.16. The van der Waals surface area contributed by atoms with Crippen LogP contribution >= 0.6 is 11.6 Å². The number of carbonyl (C=O) groups is 3. The van der Waals surface area contributed by atoms with Crippen LogP contribution in [0.15, 0.2) is 12.1 Å². The van der Waals surface area contributed by atoms with Crippen molar-refractivity contribution < 1.29 is 18.8 Å². The molecule has 20 heavy (non-hydrogen) atoms. The summed E-state index contributed by atoms with van der Waals surface area (Å²) in [5, 5.41) is 2.48. The van der Waals surface area contributed by atoms with Crippen molar-refractivity contribution in [1.29, 1.82) is 0 Å². The highest BCUT2D eigenvalue weighted by Gasteiger charge is 2.38. The summed E-state index contributed by atoms with van der Waals surface area (Å²) >= 11 is 5.60. The number of amides is 2. The van der Waals surface area contributed by atoms with Gasteiger partial charge >= 0.3 is 0 Å². The van der Waals surface area contributed by atoms with Gasteiger partial charge in [-0.05, 0) is 25.0 Å². The molecule has 0 spiro atoms. The van der Waals surface area contributed by atoms with E-state index in [2.05, 4.69) is 5.32 Å². The van der Waals surface area contributed by atoms with Gasteiger partial charge in [0.15, 0.2) is 0 Å². The first-order chi connectivity index (χ1) is 9.47. The maximum absolute atomic E-state index is 13.5. The standard InChI is InChI=1S/C13H10ClFN2O3/c14-8-3-7-10(4-9(8)15)17(13(20)12(7)19)5-11(18)16-6-1-2-6/h3-4,6H,1-2,5H2,(H,16,18). The number of Topliss-reactive ketones (excluding diaryl/α,β-unsaturated/α-hetero) is 1. The number of ketones is 1. The zero-order valence-electron chi connectivity index (χ0n) is 10.3. The Morgan fingerprint density at radius 3 is 2.75 bits per heavy atom. The SMILES string of the molecule is O=C(CN1C(=O)C(=O)c2cc(Cl)c(F)cc21)NC1CC1. The molecular formula is C13H10ClFN2O3. The smallest absolute Gasteiger partial charge is 0.299 e. The van der Waals surface area contributed by atoms with Crippen molar-refractivity contribution in [3.05, 3.63) is 28.5 Å². The molecule has 1 heterocycles. The monoisotopic (exact) mass is 296 g/mol. The predicted molar refractivity (Wildman–Crippen MR) is 69.3 cm³/mol. The summed E-state index contributed by atoms with van der Waals surface area (Å²) in [5.74, 6) is -2.72. The Hall–Kier alpha value is -1.95. The Morgan fingerprint density at radius 2 is 2.10 bits per heavy atom. The van der Waals surface area contributed by atoms with Crippen molar-refractivity contribution in [2.75, 3.05) is 11.4 Å². The average molecular weight is 297 g/mol. The molecule has 2 amide bonds. The van der Waals surface area contributed by atoms with Crippen LogP contribution in [0.1, 0.15) is 23.2 Å². The number of fused-ring (bicyclic) bond motifs is 1. The Balaban J connectivity index is 1.88. The van der Waals surface area contributed by atoms with Crippen LogP contribution in [0.5, 0.6) is 0 Å². The lowest BCUT2D eigenvalue weighted by molar-refractivity contribution is -0.122. The summed E-state index contributed by atoms with van der Waals surface area (Å²) < 4.78 is 13.5. The molecule has 1 saturated carbocycles. The predicted octanol–water partition coefficient (Wildman–Crippen LogP) is 1.29. The highest BCUT2D eigenvalue weighted by atomic mass is 35.5. The number of benzene rings is 1. The van der Waals surface area contributed by atoms with E-state index in [9.17, 15) is 18.8 Å². The summed E-state index contributed by atoms with van der Waals surface area (Å²) in [5.41, 5.74) is 0.119. The van der Waals surface area contributed by atoms with Gasteiger partial charge in [0.25, 0.3) is 11.7 Å². The van der Waals surface area contributed by atoms with Gasteiger partial charge in [-0.25, -0.2) is 4.39 Å². The molecule has 1 aromatic rings. The molecule has 0 unspecified atom stereocenters. The Morgan fingerprint density at radius 1 is 1.40 bits per heavy atom. The van der Waals surface area contributed by atoms with Gasteiger partial charge in [-0.3, -0.25) is 19.3 Å². The molecular weight excluding hydrogens is 287 g/mol. The molecule has 5 nitrogen and oxygen atoms in total. The summed E-state index contributed by atoms with van der Waals surface area (Å²) in [6, 6.07) is 2.27. The van der Waals surface area contributed by atoms with Gasteiger partial charge in [0.2, 0.25) is 5.91 Å². The van der Waals surface area contributed by atoms with Crippen molar-refractivity contribution in [2.24, 2.45) is 0 Å². The lowest BCUT2D eigenvalue weighted by Gasteiger charge is -2.16. The first kappa shape index (κ1) is 13.1. The number of halogens is 2. The van der Waals surface area contributed by atoms with Crippen molar-refractivity contribution in [1.82, 2.24) is 5.32 Å². The van der Waals surface area contributed by atoms with Crippen molar-refractivity contribution in [2.45, 2.75) is 18.9 Å². The van der Waals surface area contributed by atoms with E-state index in [0.717, 1.165) is 29.9 Å². The number of nitrogens with zero attached hydrogens (tertiary/aromatic N) is 1. The summed E-state index contributed by atoms with van der Waals surface area (Å²) in [7, 11) is 0. The van der Waals surface area contributed by atoms with E-state index in [1.165, 1.54) is 0 Å². The molecule has 3 rings (SSSR count). The molecule has 1 aromatic carbocycles. The van der Waals surface area contributed by atoms with Gasteiger partial charge in [-0.2, -0.15) is 0 Å². The van der Waals surface area contributed by atoms with Crippen LogP contribution in [0.2, 0.25) is 5.02 Å². The van der Waals surface area contributed by atoms with E-state index in [1.54, 1.807) is 0 Å². The fourth-order valence-corrected chi connectivity index (χ4v) is 2.25. The number of nitrogens with one attached hydrogen (secondary N) is 1. The van der Waals surface area contributed by atoms with E-state index in [0.29, 0.717) is 0 Å². The second kappa shape index (κ2) is 4.56. The van der Waals surface area contributed by atoms with Crippen LogP contribution in [0.3, 0.4) is 0 Å². The van der Waals surface area contributed by atoms with Gasteiger partial charge in [-0.1, -0.05) is 11.6 Å². The van der Waals surface area contributed by atoms with Gasteiger partial charge in [0.05, 0.1) is 16.3 Å². The summed E-state index contributed by atoms with van der Waals surface area (Å²) in [4.78, 5) is 36.3. The minimum Gasteiger partial charge on any atom is -0.352 e. The highest BCUT2D eigenvalue weighted by Crippen LogP contribution is 2.33. The lowest BCUT2D eigenvalue weighted by atomic mass is 10.1. The minimum atomic E-state index is -0.840. The van der Waals surface area contributed by atoms with E-state index in [4.69, 9.17) is 11.6 Å². The van der Waals surface area contributed by atoms with Gasteiger partial charge < -0.3 is 5.32 Å². The van der Waals surface area contributed by atoms with E-state index in [1.807, 2.05) is 0 Å². The summed E-state index contributed by atoms with van der Waals surface area (Å²) in [6.07, 6.45) is 1.83. The van der Waals surface area contributed by atoms with E-state index in [-0.39, 0.29) is 34.8 Å². The molecule has 0 bridgehead atoms. The normalized spacial score (nSPS) is 17.4. The maximum atomic E-state index is 13.5. The van der Waals surface area contributed by atoms with E-state index < -0.39 is 17.5 Å². The fourth-order valence-electron chi connectivity index (χ4n) is 2.09. The largest absolute Gasteiger partial charge is 0.352 e. The van der Waals surface area contributed by atoms with Gasteiger partial charge in [-0.15, -0.1) is 0 Å². The minimum absolute atomic E-state index is 0.0284. The quantitative estimate of drug-likeness (QED) is 0.855. The third-order valence-electron chi connectivity index (χ3n) is 3.26. The average Bonchev–Trinajstić information content (AvgIpc) is 3.17. The molecule has 0 atom stereocenters. The molecule has 7 heteroatoms. The lowest BCUT2D eigenvalue weighted by Crippen LogP contribution is -2.40. The zero-order chi connectivity index (χ0) is 14.4. The van der Waals surface area contributed by atoms with Crippen LogP contribution < -0.4 is 10.2 Å². The topological polar surface area (TPSA) is 66.5 Å². The van der Waals surface area contributed by atoms with Crippen LogP contribution in [-0.2, 0) is 9.59 Å². The second-order valence-corrected chi connectivity index (χ2v) is 5.25. The molecule has 0 saturated heterocycles. The number of carbonyl (C=O) groups excluding carboxylic acids is 3. The van der Waals surface area contributed by atoms with Crippen LogP contribution in [0.4, 0.5) is 10.1 Å². The number of hydrogen-bond donors (Lipinski definition) is 1. The molecule has 1 fully saturated rings. The first-order valence-corrected chi connectivity index (χ1v) is 6.50. The van der Waals surface area contributed by atoms with Gasteiger partial charge in [0, 0.05) is 6.04 Å². The molecule has 0 aromatic heterocycles. The number of hydrogen-bond acceptors (Lipinski definition) is 3. The first-order valence-electron chi connectivity index (χ1n) is 6.12. The molecule has 1 aliphatic heterocycles. The number of anilines is 1. The fraction of sp³-hybridized carbons (Fsp3) is 0.308. The molecule has 104 valence electrons. The van der Waals surface area contributed by atoms with Crippen molar-refractivity contribution in [3.8, 4) is 0 Å². The van der Waals surface area contributed by atoms with Crippen LogP contribution in [0, 0.1) is 5.82 Å². The van der Waals surface area contributed by atoms with Crippen LogP contribution in [0.25, 0.3) is 0 Å². The zero-order valence-corrected chi connectivity index (χ0v) is 11.0. The Kier molecular flexibility index (Phi) is 2.97. The highest BCUT2D eigenvalue weighted by molar-refractivity contribution is 6.53. The van der Waals surface area contributed by atoms with Crippen molar-refractivity contribution >= 4 is 34.9 Å². The summed E-state index contributed by atoms with van der Waals surface area (Å²) in [6.45, 7) is -0.296. The Labute approximate surface area is 118 Å². The molecule has 1 aliphatic carbocycles. The maximum Gasteiger partial charge on any atom is 0.299 e.